The van der Waals surface area contributed by atoms with Gasteiger partial charge in [-0.1, -0.05) is 22.0 Å². The Kier molecular flexibility index (Phi) is 4.95. The molecule has 0 aliphatic carbocycles. The van der Waals surface area contributed by atoms with Crippen LogP contribution in [0, 0.1) is 5.82 Å². The number of hydrogen-bond acceptors (Lipinski definition) is 3. The van der Waals surface area contributed by atoms with Crippen LogP contribution in [0.2, 0.25) is 0 Å². The van der Waals surface area contributed by atoms with E-state index in [2.05, 4.69) is 21.2 Å². The van der Waals surface area contributed by atoms with E-state index in [4.69, 9.17) is 4.74 Å². The first-order valence-electron chi connectivity index (χ1n) is 6.48. The molecule has 5 heteroatoms. The van der Waals surface area contributed by atoms with Crippen LogP contribution in [0.25, 0.3) is 0 Å². The van der Waals surface area contributed by atoms with Gasteiger partial charge in [-0.2, -0.15) is 0 Å². The van der Waals surface area contributed by atoms with Gasteiger partial charge in [-0.25, -0.2) is 4.39 Å². The molecule has 106 valence electrons. The summed E-state index contributed by atoms with van der Waals surface area (Å²) in [5, 5.41) is 12.9. The summed E-state index contributed by atoms with van der Waals surface area (Å²) >= 11 is 3.23. The number of rotatable bonds is 5. The molecule has 0 spiro atoms. The van der Waals surface area contributed by atoms with Crippen molar-refractivity contribution in [2.45, 2.75) is 31.4 Å². The average Bonchev–Trinajstić information content (AvgIpc) is 2.89. The monoisotopic (exact) mass is 331 g/mol. The summed E-state index contributed by atoms with van der Waals surface area (Å²) in [5.41, 5.74) is -0.326. The van der Waals surface area contributed by atoms with Gasteiger partial charge in [0.2, 0.25) is 0 Å². The van der Waals surface area contributed by atoms with Crippen LogP contribution in [-0.2, 0) is 10.3 Å². The largest absolute Gasteiger partial charge is 0.394 e. The second kappa shape index (κ2) is 6.31. The second-order valence-corrected chi connectivity index (χ2v) is 6.05. The van der Waals surface area contributed by atoms with Crippen LogP contribution in [0.3, 0.4) is 0 Å². The maximum absolute atomic E-state index is 14.0. The van der Waals surface area contributed by atoms with Crippen LogP contribution in [0.1, 0.15) is 25.3 Å². The van der Waals surface area contributed by atoms with Gasteiger partial charge in [-0.3, -0.25) is 0 Å². The van der Waals surface area contributed by atoms with Gasteiger partial charge in [-0.05, 0) is 31.9 Å². The van der Waals surface area contributed by atoms with Crippen LogP contribution in [0.5, 0.6) is 0 Å². The Morgan fingerprint density at radius 3 is 2.95 bits per heavy atom. The van der Waals surface area contributed by atoms with Crippen molar-refractivity contribution in [1.29, 1.82) is 0 Å². The summed E-state index contributed by atoms with van der Waals surface area (Å²) in [7, 11) is 0. The zero-order valence-electron chi connectivity index (χ0n) is 11.0. The molecule has 1 aliphatic heterocycles. The molecule has 0 aromatic heterocycles. The van der Waals surface area contributed by atoms with Gasteiger partial charge in [0.1, 0.15) is 5.82 Å². The topological polar surface area (TPSA) is 41.5 Å². The van der Waals surface area contributed by atoms with Crippen molar-refractivity contribution < 1.29 is 14.2 Å². The first kappa shape index (κ1) is 14.9. The van der Waals surface area contributed by atoms with E-state index in [1.807, 2.05) is 0 Å². The smallest absolute Gasteiger partial charge is 0.129 e. The molecular weight excluding hydrogens is 313 g/mol. The maximum atomic E-state index is 14.0. The van der Waals surface area contributed by atoms with E-state index in [9.17, 15) is 9.50 Å². The van der Waals surface area contributed by atoms with Crippen molar-refractivity contribution in [3.8, 4) is 0 Å². The van der Waals surface area contributed by atoms with Crippen LogP contribution in [-0.4, -0.2) is 31.0 Å². The molecule has 1 fully saturated rings. The number of ether oxygens (including phenoxy) is 1. The average molecular weight is 332 g/mol. The molecule has 2 N–H and O–H groups in total. The Morgan fingerprint density at radius 2 is 2.37 bits per heavy atom. The SMILES string of the molecule is CC(CO)(NCC1CCCO1)c1ccc(Br)cc1F. The number of hydrogen-bond donors (Lipinski definition) is 2. The van der Waals surface area contributed by atoms with E-state index in [1.165, 1.54) is 6.07 Å². The van der Waals surface area contributed by atoms with Crippen LogP contribution < -0.4 is 5.32 Å². The zero-order chi connectivity index (χ0) is 13.9. The fourth-order valence-electron chi connectivity index (χ4n) is 2.32. The Hall–Kier alpha value is -0.490. The molecule has 1 heterocycles. The summed E-state index contributed by atoms with van der Waals surface area (Å²) in [4.78, 5) is 0. The molecule has 0 amide bonds. The summed E-state index contributed by atoms with van der Waals surface area (Å²) in [5.74, 6) is -0.328. The third kappa shape index (κ3) is 3.54. The molecule has 19 heavy (non-hydrogen) atoms. The van der Waals surface area contributed by atoms with Gasteiger partial charge in [-0.15, -0.1) is 0 Å². The van der Waals surface area contributed by atoms with E-state index in [-0.39, 0.29) is 18.5 Å². The lowest BCUT2D eigenvalue weighted by molar-refractivity contribution is 0.0902. The van der Waals surface area contributed by atoms with E-state index in [0.717, 1.165) is 19.4 Å². The minimum absolute atomic E-state index is 0.157. The van der Waals surface area contributed by atoms with E-state index in [0.29, 0.717) is 16.6 Å². The van der Waals surface area contributed by atoms with E-state index < -0.39 is 5.54 Å². The fourth-order valence-corrected chi connectivity index (χ4v) is 2.65. The maximum Gasteiger partial charge on any atom is 0.129 e. The number of aliphatic hydroxyl groups is 1. The van der Waals surface area contributed by atoms with E-state index in [1.54, 1.807) is 19.1 Å². The van der Waals surface area contributed by atoms with Crippen molar-refractivity contribution in [3.63, 3.8) is 0 Å². The third-order valence-electron chi connectivity index (χ3n) is 3.59. The lowest BCUT2D eigenvalue weighted by Crippen LogP contribution is -2.46. The van der Waals surface area contributed by atoms with Gasteiger partial charge in [0, 0.05) is 23.2 Å². The molecule has 0 radical (unpaired) electrons. The highest BCUT2D eigenvalue weighted by Crippen LogP contribution is 2.26. The highest BCUT2D eigenvalue weighted by atomic mass is 79.9. The molecule has 1 saturated heterocycles. The molecule has 1 aromatic carbocycles. The first-order chi connectivity index (χ1) is 9.05. The van der Waals surface area contributed by atoms with Gasteiger partial charge in [0.25, 0.3) is 0 Å². The lowest BCUT2D eigenvalue weighted by atomic mass is 9.92. The molecule has 1 aliphatic rings. The van der Waals surface area contributed by atoms with E-state index >= 15 is 0 Å². The van der Waals surface area contributed by atoms with Crippen LogP contribution in [0.15, 0.2) is 22.7 Å². The normalized spacial score (nSPS) is 22.4. The van der Waals surface area contributed by atoms with Gasteiger partial charge >= 0.3 is 0 Å². The highest BCUT2D eigenvalue weighted by molar-refractivity contribution is 9.10. The predicted molar refractivity (Wildman–Crippen MR) is 75.5 cm³/mol. The lowest BCUT2D eigenvalue weighted by Gasteiger charge is -2.31. The quantitative estimate of drug-likeness (QED) is 0.871. The minimum atomic E-state index is -0.795. The zero-order valence-corrected chi connectivity index (χ0v) is 12.5. The minimum Gasteiger partial charge on any atom is -0.394 e. The van der Waals surface area contributed by atoms with Crippen LogP contribution in [0.4, 0.5) is 4.39 Å². The van der Waals surface area contributed by atoms with Crippen molar-refractivity contribution in [1.82, 2.24) is 5.32 Å². The van der Waals surface area contributed by atoms with Crippen LogP contribution >= 0.6 is 15.9 Å². The molecule has 1 aromatic rings. The van der Waals surface area contributed by atoms with Gasteiger partial charge in [0.05, 0.1) is 18.2 Å². The second-order valence-electron chi connectivity index (χ2n) is 5.13. The molecule has 2 unspecified atom stereocenters. The Balaban J connectivity index is 2.11. The molecule has 0 saturated carbocycles. The summed E-state index contributed by atoms with van der Waals surface area (Å²) in [6.07, 6.45) is 2.23. The van der Waals surface area contributed by atoms with Gasteiger partial charge in [0.15, 0.2) is 0 Å². The number of halogens is 2. The first-order valence-corrected chi connectivity index (χ1v) is 7.27. The fraction of sp³-hybridized carbons (Fsp3) is 0.571. The number of benzene rings is 1. The third-order valence-corrected chi connectivity index (χ3v) is 4.08. The Morgan fingerprint density at radius 1 is 1.58 bits per heavy atom. The Labute approximate surface area is 121 Å². The molecule has 2 rings (SSSR count). The molecular formula is C14H19BrFNO2. The molecule has 2 atom stereocenters. The van der Waals surface area contributed by atoms with Crippen molar-refractivity contribution in [2.75, 3.05) is 19.8 Å². The molecule has 3 nitrogen and oxygen atoms in total. The number of nitrogens with one attached hydrogen (secondary N) is 1. The van der Waals surface area contributed by atoms with Crippen molar-refractivity contribution >= 4 is 15.9 Å². The van der Waals surface area contributed by atoms with Gasteiger partial charge < -0.3 is 15.2 Å². The summed E-state index contributed by atoms with van der Waals surface area (Å²) in [6.45, 7) is 3.04. The summed E-state index contributed by atoms with van der Waals surface area (Å²) < 4.78 is 20.2. The number of aliphatic hydroxyl groups excluding tert-OH is 1. The Bertz CT molecular complexity index is 437. The van der Waals surface area contributed by atoms with Crippen molar-refractivity contribution in [3.05, 3.63) is 34.1 Å². The highest BCUT2D eigenvalue weighted by Gasteiger charge is 2.30. The van der Waals surface area contributed by atoms with Crippen molar-refractivity contribution in [2.24, 2.45) is 0 Å². The predicted octanol–water partition coefficient (Wildman–Crippen LogP) is 2.56. The standard InChI is InChI=1S/C14H19BrFNO2/c1-14(9-18,17-8-11-3-2-6-19-11)12-5-4-10(15)7-13(12)16/h4-5,7,11,17-18H,2-3,6,8-9H2,1H3. The molecule has 0 bridgehead atoms. The summed E-state index contributed by atoms with van der Waals surface area (Å²) in [6, 6.07) is 4.88.